The molecule has 0 aromatic carbocycles. The molecule has 1 aromatic rings. The lowest BCUT2D eigenvalue weighted by molar-refractivity contribution is 0.0495. The fourth-order valence-corrected chi connectivity index (χ4v) is 5.19. The Kier molecular flexibility index (Phi) is 5.19. The molecular weight excluding hydrogens is 296 g/mol. The summed E-state index contributed by atoms with van der Waals surface area (Å²) >= 11 is 1.45. The monoisotopic (exact) mass is 318 g/mol. The lowest BCUT2D eigenvalue weighted by Gasteiger charge is -2.26. The molecular formula is C13H22N2O3S2. The van der Waals surface area contributed by atoms with Crippen molar-refractivity contribution in [2.75, 3.05) is 26.8 Å². The van der Waals surface area contributed by atoms with E-state index in [0.717, 1.165) is 29.2 Å². The summed E-state index contributed by atoms with van der Waals surface area (Å²) in [4.78, 5) is 2.09. The molecule has 1 fully saturated rings. The van der Waals surface area contributed by atoms with Crippen molar-refractivity contribution in [1.82, 2.24) is 4.31 Å². The third kappa shape index (κ3) is 3.40. The summed E-state index contributed by atoms with van der Waals surface area (Å²) in [6.45, 7) is 4.15. The maximum atomic E-state index is 12.6. The number of ether oxygens (including phenoxy) is 1. The summed E-state index contributed by atoms with van der Waals surface area (Å²) < 4.78 is 32.1. The van der Waals surface area contributed by atoms with Gasteiger partial charge in [0.25, 0.3) is 0 Å². The Labute approximate surface area is 124 Å². The van der Waals surface area contributed by atoms with Gasteiger partial charge in [-0.3, -0.25) is 0 Å². The molecule has 1 atom stereocenters. The first-order valence-electron chi connectivity index (χ1n) is 6.78. The van der Waals surface area contributed by atoms with Gasteiger partial charge in [-0.2, -0.15) is 0 Å². The summed E-state index contributed by atoms with van der Waals surface area (Å²) in [6.07, 6.45) is 2.03. The van der Waals surface area contributed by atoms with Gasteiger partial charge in [0.05, 0.1) is 11.5 Å². The molecule has 1 aromatic heterocycles. The average molecular weight is 318 g/mol. The van der Waals surface area contributed by atoms with Gasteiger partial charge in [-0.05, 0) is 31.7 Å². The first-order valence-corrected chi connectivity index (χ1v) is 9.04. The van der Waals surface area contributed by atoms with E-state index in [2.05, 4.69) is 0 Å². The number of nitrogens with two attached hydrogens (primary N) is 1. The molecule has 2 heterocycles. The average Bonchev–Trinajstić information content (AvgIpc) is 2.82. The van der Waals surface area contributed by atoms with Gasteiger partial charge in [0.1, 0.15) is 0 Å². The number of thiophene rings is 1. The van der Waals surface area contributed by atoms with Gasteiger partial charge in [0, 0.05) is 36.5 Å². The Morgan fingerprint density at radius 1 is 1.55 bits per heavy atom. The molecule has 0 bridgehead atoms. The SMILES string of the molecule is Cc1sc(CN)cc1S(=O)(=O)N(C)CC1CCCOC1. The van der Waals surface area contributed by atoms with E-state index in [1.807, 2.05) is 6.92 Å². The Balaban J connectivity index is 2.13. The summed E-state index contributed by atoms with van der Waals surface area (Å²) in [5.41, 5.74) is 5.59. The second kappa shape index (κ2) is 6.53. The van der Waals surface area contributed by atoms with Gasteiger partial charge in [-0.1, -0.05) is 0 Å². The van der Waals surface area contributed by atoms with Gasteiger partial charge in [-0.15, -0.1) is 11.3 Å². The molecule has 7 heteroatoms. The highest BCUT2D eigenvalue weighted by Crippen LogP contribution is 2.28. The molecule has 0 spiro atoms. The van der Waals surface area contributed by atoms with Crippen molar-refractivity contribution in [3.63, 3.8) is 0 Å². The predicted octanol–water partition coefficient (Wildman–Crippen LogP) is 1.56. The topological polar surface area (TPSA) is 72.6 Å². The van der Waals surface area contributed by atoms with Crippen LogP contribution in [0.25, 0.3) is 0 Å². The van der Waals surface area contributed by atoms with Gasteiger partial charge >= 0.3 is 0 Å². The lowest BCUT2D eigenvalue weighted by atomic mass is 10.0. The molecule has 0 aliphatic carbocycles. The van der Waals surface area contributed by atoms with Crippen molar-refractivity contribution < 1.29 is 13.2 Å². The molecule has 1 aliphatic rings. The van der Waals surface area contributed by atoms with Crippen LogP contribution in [0.4, 0.5) is 0 Å². The second-order valence-electron chi connectivity index (χ2n) is 5.21. The molecule has 1 saturated heterocycles. The number of sulfonamides is 1. The molecule has 20 heavy (non-hydrogen) atoms. The minimum absolute atomic E-state index is 0.288. The molecule has 1 unspecified atom stereocenters. The van der Waals surface area contributed by atoms with E-state index in [1.165, 1.54) is 15.6 Å². The highest BCUT2D eigenvalue weighted by molar-refractivity contribution is 7.89. The summed E-state index contributed by atoms with van der Waals surface area (Å²) in [5, 5.41) is 0. The normalized spacial score (nSPS) is 20.5. The Morgan fingerprint density at radius 3 is 2.85 bits per heavy atom. The zero-order valence-electron chi connectivity index (χ0n) is 12.0. The van der Waals surface area contributed by atoms with Crippen LogP contribution in [0.5, 0.6) is 0 Å². The van der Waals surface area contributed by atoms with Crippen LogP contribution in [0.3, 0.4) is 0 Å². The van der Waals surface area contributed by atoms with Gasteiger partial charge in [-0.25, -0.2) is 12.7 Å². The van der Waals surface area contributed by atoms with Crippen molar-refractivity contribution in [1.29, 1.82) is 0 Å². The second-order valence-corrected chi connectivity index (χ2v) is 8.56. The van der Waals surface area contributed by atoms with E-state index in [4.69, 9.17) is 10.5 Å². The van der Waals surface area contributed by atoms with Crippen LogP contribution in [0.1, 0.15) is 22.6 Å². The minimum Gasteiger partial charge on any atom is -0.381 e. The Morgan fingerprint density at radius 2 is 2.30 bits per heavy atom. The number of hydrogen-bond donors (Lipinski definition) is 1. The van der Waals surface area contributed by atoms with Crippen LogP contribution in [0.15, 0.2) is 11.0 Å². The standard InChI is InChI=1S/C13H22N2O3S2/c1-10-13(6-12(7-14)19-10)20(16,17)15(2)8-11-4-3-5-18-9-11/h6,11H,3-5,7-9,14H2,1-2H3. The van der Waals surface area contributed by atoms with E-state index >= 15 is 0 Å². The van der Waals surface area contributed by atoms with E-state index in [1.54, 1.807) is 13.1 Å². The fraction of sp³-hybridized carbons (Fsp3) is 0.692. The van der Waals surface area contributed by atoms with Crippen LogP contribution in [-0.4, -0.2) is 39.5 Å². The third-order valence-corrected chi connectivity index (χ3v) is 6.73. The minimum atomic E-state index is -3.43. The van der Waals surface area contributed by atoms with Crippen molar-refractivity contribution in [2.24, 2.45) is 11.7 Å². The highest BCUT2D eigenvalue weighted by Gasteiger charge is 2.27. The van der Waals surface area contributed by atoms with Crippen molar-refractivity contribution >= 4 is 21.4 Å². The highest BCUT2D eigenvalue weighted by atomic mass is 32.2. The zero-order valence-corrected chi connectivity index (χ0v) is 13.6. The maximum Gasteiger partial charge on any atom is 0.243 e. The predicted molar refractivity (Wildman–Crippen MR) is 80.3 cm³/mol. The summed E-state index contributed by atoms with van der Waals surface area (Å²) in [5.74, 6) is 0.288. The van der Waals surface area contributed by atoms with E-state index < -0.39 is 10.0 Å². The number of nitrogens with zero attached hydrogens (tertiary/aromatic N) is 1. The quantitative estimate of drug-likeness (QED) is 0.894. The van der Waals surface area contributed by atoms with Gasteiger partial charge in [0.2, 0.25) is 10.0 Å². The first kappa shape index (κ1) is 15.9. The van der Waals surface area contributed by atoms with Crippen molar-refractivity contribution in [2.45, 2.75) is 31.2 Å². The van der Waals surface area contributed by atoms with Crippen molar-refractivity contribution in [3.8, 4) is 0 Å². The van der Waals surface area contributed by atoms with Crippen LogP contribution in [-0.2, 0) is 21.3 Å². The van der Waals surface area contributed by atoms with Crippen LogP contribution in [0.2, 0.25) is 0 Å². The molecule has 2 N–H and O–H groups in total. The Bertz CT molecular complexity index is 548. The lowest BCUT2D eigenvalue weighted by Crippen LogP contribution is -2.35. The largest absolute Gasteiger partial charge is 0.381 e. The number of rotatable bonds is 5. The smallest absolute Gasteiger partial charge is 0.243 e. The molecule has 0 radical (unpaired) electrons. The van der Waals surface area contributed by atoms with Crippen LogP contribution >= 0.6 is 11.3 Å². The molecule has 0 amide bonds. The zero-order chi connectivity index (χ0) is 14.8. The van der Waals surface area contributed by atoms with E-state index in [9.17, 15) is 8.42 Å². The third-order valence-electron chi connectivity index (χ3n) is 3.58. The summed E-state index contributed by atoms with van der Waals surface area (Å²) in [7, 11) is -1.78. The van der Waals surface area contributed by atoms with Gasteiger partial charge < -0.3 is 10.5 Å². The fourth-order valence-electron chi connectivity index (χ4n) is 2.46. The molecule has 1 aliphatic heterocycles. The van der Waals surface area contributed by atoms with E-state index in [0.29, 0.717) is 24.6 Å². The number of hydrogen-bond acceptors (Lipinski definition) is 5. The van der Waals surface area contributed by atoms with Crippen LogP contribution in [0, 0.1) is 12.8 Å². The van der Waals surface area contributed by atoms with Crippen molar-refractivity contribution in [3.05, 3.63) is 15.8 Å². The molecule has 114 valence electrons. The maximum absolute atomic E-state index is 12.6. The molecule has 5 nitrogen and oxygen atoms in total. The Hall–Kier alpha value is -0.470. The van der Waals surface area contributed by atoms with Crippen LogP contribution < -0.4 is 5.73 Å². The summed E-state index contributed by atoms with van der Waals surface area (Å²) in [6, 6.07) is 1.70. The molecule has 2 rings (SSSR count). The first-order chi connectivity index (χ1) is 9.45. The van der Waals surface area contributed by atoms with Gasteiger partial charge in [0.15, 0.2) is 0 Å². The molecule has 0 saturated carbocycles. The van der Waals surface area contributed by atoms with E-state index in [-0.39, 0.29) is 5.92 Å². The number of aryl methyl sites for hydroxylation is 1.